The molecule has 0 aliphatic heterocycles. The van der Waals surface area contributed by atoms with E-state index in [0.717, 1.165) is 0 Å². The first kappa shape index (κ1) is 11.4. The SMILES string of the molecule is CC(C)C(=O)c1cc(F)c(O)c(O)c1F. The van der Waals surface area contributed by atoms with Gasteiger partial charge in [-0.25, -0.2) is 8.78 Å². The summed E-state index contributed by atoms with van der Waals surface area (Å²) in [6.45, 7) is 3.03. The van der Waals surface area contributed by atoms with Crippen molar-refractivity contribution in [2.45, 2.75) is 13.8 Å². The molecule has 5 heteroatoms. The number of carbonyl (C=O) groups is 1. The molecule has 82 valence electrons. The van der Waals surface area contributed by atoms with Crippen LogP contribution in [-0.4, -0.2) is 16.0 Å². The Bertz CT molecular complexity index is 414. The molecule has 0 atom stereocenters. The molecule has 0 radical (unpaired) electrons. The van der Waals surface area contributed by atoms with Gasteiger partial charge in [0.25, 0.3) is 0 Å². The van der Waals surface area contributed by atoms with Gasteiger partial charge in [-0.3, -0.25) is 4.79 Å². The van der Waals surface area contributed by atoms with E-state index >= 15 is 0 Å². The first-order chi connectivity index (χ1) is 6.86. The Morgan fingerprint density at radius 3 is 2.27 bits per heavy atom. The van der Waals surface area contributed by atoms with Crippen molar-refractivity contribution in [1.82, 2.24) is 0 Å². The van der Waals surface area contributed by atoms with Gasteiger partial charge in [0, 0.05) is 5.92 Å². The maximum atomic E-state index is 13.3. The molecule has 0 spiro atoms. The predicted molar refractivity (Wildman–Crippen MR) is 48.9 cm³/mol. The van der Waals surface area contributed by atoms with Crippen LogP contribution in [0.25, 0.3) is 0 Å². The van der Waals surface area contributed by atoms with Gasteiger partial charge in [0.2, 0.25) is 0 Å². The van der Waals surface area contributed by atoms with Gasteiger partial charge >= 0.3 is 0 Å². The van der Waals surface area contributed by atoms with Crippen LogP contribution in [-0.2, 0) is 0 Å². The molecule has 0 saturated heterocycles. The van der Waals surface area contributed by atoms with Crippen molar-refractivity contribution in [1.29, 1.82) is 0 Å². The lowest BCUT2D eigenvalue weighted by molar-refractivity contribution is 0.0933. The average molecular weight is 216 g/mol. The first-order valence-electron chi connectivity index (χ1n) is 4.30. The lowest BCUT2D eigenvalue weighted by Crippen LogP contribution is -2.10. The van der Waals surface area contributed by atoms with E-state index in [0.29, 0.717) is 6.07 Å². The number of phenolic OH excluding ortho intramolecular Hbond substituents is 2. The summed E-state index contributed by atoms with van der Waals surface area (Å²) in [6.07, 6.45) is 0. The van der Waals surface area contributed by atoms with Crippen molar-refractivity contribution in [3.8, 4) is 11.5 Å². The zero-order valence-corrected chi connectivity index (χ0v) is 8.21. The Morgan fingerprint density at radius 1 is 1.27 bits per heavy atom. The molecule has 3 nitrogen and oxygen atoms in total. The quantitative estimate of drug-likeness (QED) is 0.588. The molecule has 0 amide bonds. The molecule has 1 aromatic carbocycles. The van der Waals surface area contributed by atoms with Gasteiger partial charge in [-0.2, -0.15) is 0 Å². The summed E-state index contributed by atoms with van der Waals surface area (Å²) in [5, 5.41) is 17.8. The number of ketones is 1. The number of rotatable bonds is 2. The number of phenols is 2. The second-order valence-corrected chi connectivity index (χ2v) is 3.44. The van der Waals surface area contributed by atoms with Gasteiger partial charge in [-0.15, -0.1) is 0 Å². The fourth-order valence-electron chi connectivity index (χ4n) is 1.09. The fourth-order valence-corrected chi connectivity index (χ4v) is 1.09. The van der Waals surface area contributed by atoms with E-state index in [1.807, 2.05) is 0 Å². The van der Waals surface area contributed by atoms with E-state index in [1.165, 1.54) is 13.8 Å². The number of hydrogen-bond acceptors (Lipinski definition) is 3. The summed E-state index contributed by atoms with van der Waals surface area (Å²) >= 11 is 0. The first-order valence-corrected chi connectivity index (χ1v) is 4.30. The maximum absolute atomic E-state index is 13.3. The molecule has 1 aromatic rings. The van der Waals surface area contributed by atoms with Crippen LogP contribution < -0.4 is 0 Å². The fraction of sp³-hybridized carbons (Fsp3) is 0.300. The van der Waals surface area contributed by atoms with E-state index in [1.54, 1.807) is 0 Å². The van der Waals surface area contributed by atoms with Gasteiger partial charge < -0.3 is 10.2 Å². The molecule has 0 fully saturated rings. The Kier molecular flexibility index (Phi) is 2.93. The van der Waals surface area contributed by atoms with Crippen molar-refractivity contribution < 1.29 is 23.8 Å². The molecule has 1 rings (SSSR count). The van der Waals surface area contributed by atoms with Crippen molar-refractivity contribution in [2.24, 2.45) is 5.92 Å². The molecule has 0 aliphatic rings. The minimum absolute atomic E-state index is 0.525. The minimum atomic E-state index is -1.30. The number of carbonyl (C=O) groups excluding carboxylic acids is 1. The zero-order valence-electron chi connectivity index (χ0n) is 8.21. The van der Waals surface area contributed by atoms with Crippen LogP contribution >= 0.6 is 0 Å². The largest absolute Gasteiger partial charge is 0.502 e. The van der Waals surface area contributed by atoms with Crippen LogP contribution in [0.3, 0.4) is 0 Å². The molecule has 0 saturated carbocycles. The average Bonchev–Trinajstić information content (AvgIpc) is 2.19. The highest BCUT2D eigenvalue weighted by molar-refractivity contribution is 5.98. The van der Waals surface area contributed by atoms with E-state index in [2.05, 4.69) is 0 Å². The van der Waals surface area contributed by atoms with Gasteiger partial charge in [0.05, 0.1) is 5.56 Å². The Balaban J connectivity index is 3.39. The molecule has 0 bridgehead atoms. The summed E-state index contributed by atoms with van der Waals surface area (Å²) < 4.78 is 26.2. The molecular formula is C10H10F2O3. The Morgan fingerprint density at radius 2 is 1.80 bits per heavy atom. The number of Topliss-reactive ketones (excluding diaryl/α,β-unsaturated/α-hetero) is 1. The van der Waals surface area contributed by atoms with E-state index < -0.39 is 40.4 Å². The van der Waals surface area contributed by atoms with Crippen molar-refractivity contribution >= 4 is 5.78 Å². The monoisotopic (exact) mass is 216 g/mol. The summed E-state index contributed by atoms with van der Waals surface area (Å²) in [5.41, 5.74) is -0.558. The van der Waals surface area contributed by atoms with Crippen molar-refractivity contribution in [2.75, 3.05) is 0 Å². The number of benzene rings is 1. The van der Waals surface area contributed by atoms with Crippen molar-refractivity contribution in [3.05, 3.63) is 23.3 Å². The van der Waals surface area contributed by atoms with Gasteiger partial charge in [-0.1, -0.05) is 13.8 Å². The molecule has 0 unspecified atom stereocenters. The molecule has 2 N–H and O–H groups in total. The number of halogens is 2. The smallest absolute Gasteiger partial charge is 0.197 e. The van der Waals surface area contributed by atoms with E-state index in [4.69, 9.17) is 10.2 Å². The minimum Gasteiger partial charge on any atom is -0.502 e. The lowest BCUT2D eigenvalue weighted by atomic mass is 10.00. The number of aromatic hydroxyl groups is 2. The van der Waals surface area contributed by atoms with E-state index in [-0.39, 0.29) is 0 Å². The van der Waals surface area contributed by atoms with Crippen LogP contribution in [0, 0.1) is 17.6 Å². The molecular weight excluding hydrogens is 206 g/mol. The summed E-state index contributed by atoms with van der Waals surface area (Å²) in [7, 11) is 0. The third kappa shape index (κ3) is 1.91. The highest BCUT2D eigenvalue weighted by atomic mass is 19.1. The number of hydrogen-bond donors (Lipinski definition) is 2. The highest BCUT2D eigenvalue weighted by Crippen LogP contribution is 2.33. The summed E-state index contributed by atoms with van der Waals surface area (Å²) in [5.74, 6) is -6.11. The summed E-state index contributed by atoms with van der Waals surface area (Å²) in [6, 6.07) is 0.576. The Hall–Kier alpha value is -1.65. The third-order valence-electron chi connectivity index (χ3n) is 1.96. The van der Waals surface area contributed by atoms with Crippen LogP contribution in [0.2, 0.25) is 0 Å². The highest BCUT2D eigenvalue weighted by Gasteiger charge is 2.23. The van der Waals surface area contributed by atoms with Crippen LogP contribution in [0.4, 0.5) is 8.78 Å². The third-order valence-corrected chi connectivity index (χ3v) is 1.96. The lowest BCUT2D eigenvalue weighted by Gasteiger charge is -2.08. The molecule has 15 heavy (non-hydrogen) atoms. The molecule has 0 heterocycles. The zero-order chi connectivity index (χ0) is 11.7. The van der Waals surface area contributed by atoms with Gasteiger partial charge in [0.15, 0.2) is 28.9 Å². The van der Waals surface area contributed by atoms with Crippen LogP contribution in [0.15, 0.2) is 6.07 Å². The second-order valence-electron chi connectivity index (χ2n) is 3.44. The van der Waals surface area contributed by atoms with E-state index in [9.17, 15) is 13.6 Å². The normalized spacial score (nSPS) is 10.7. The molecule has 0 aliphatic carbocycles. The standard InChI is InChI=1S/C10H10F2O3/c1-4(2)8(13)5-3-6(11)9(14)10(15)7(5)12/h3-4,14-15H,1-2H3. The molecule has 0 aromatic heterocycles. The predicted octanol–water partition coefficient (Wildman–Crippen LogP) is 2.21. The topological polar surface area (TPSA) is 57.5 Å². The Labute approximate surface area is 85.0 Å². The van der Waals surface area contributed by atoms with Crippen LogP contribution in [0.1, 0.15) is 24.2 Å². The summed E-state index contributed by atoms with van der Waals surface area (Å²) in [4.78, 5) is 11.4. The maximum Gasteiger partial charge on any atom is 0.197 e. The van der Waals surface area contributed by atoms with Gasteiger partial charge in [-0.05, 0) is 6.07 Å². The second kappa shape index (κ2) is 3.84. The van der Waals surface area contributed by atoms with Crippen LogP contribution in [0.5, 0.6) is 11.5 Å². The van der Waals surface area contributed by atoms with Crippen molar-refractivity contribution in [3.63, 3.8) is 0 Å². The van der Waals surface area contributed by atoms with Gasteiger partial charge in [0.1, 0.15) is 0 Å².